The minimum atomic E-state index is -0.298. The Balaban J connectivity index is 1.19. The van der Waals surface area contributed by atoms with Crippen LogP contribution >= 0.6 is 23.2 Å². The van der Waals surface area contributed by atoms with Gasteiger partial charge in [0, 0.05) is 57.4 Å². The molecule has 5 heterocycles. The average molecular weight is 731 g/mol. The summed E-state index contributed by atoms with van der Waals surface area (Å²) in [7, 11) is 0. The number of H-pyrrole nitrogens is 1. The number of pyridine rings is 1. The highest BCUT2D eigenvalue weighted by molar-refractivity contribution is 6.31. The van der Waals surface area contributed by atoms with Crippen LogP contribution in [0.1, 0.15) is 59.5 Å². The number of rotatable bonds is 8. The van der Waals surface area contributed by atoms with Crippen LogP contribution in [0.2, 0.25) is 10.0 Å². The Morgan fingerprint density at radius 1 is 0.885 bits per heavy atom. The fourth-order valence-electron chi connectivity index (χ4n) is 7.47. The first-order chi connectivity index (χ1) is 25.3. The molecule has 52 heavy (non-hydrogen) atoms. The second-order valence-electron chi connectivity index (χ2n) is 13.2. The number of hydrogen-bond donors (Lipinski definition) is 2. The Labute approximate surface area is 311 Å². The second kappa shape index (κ2) is 13.9. The number of aromatic amines is 1. The maximum Gasteiger partial charge on any atom is 0.272 e. The molecule has 0 spiro atoms. The van der Waals surface area contributed by atoms with E-state index in [0.717, 1.165) is 82.4 Å². The highest BCUT2D eigenvalue weighted by atomic mass is 35.5. The summed E-state index contributed by atoms with van der Waals surface area (Å²) in [5, 5.41) is 13.8. The van der Waals surface area contributed by atoms with Crippen LogP contribution in [0.15, 0.2) is 97.5 Å². The van der Waals surface area contributed by atoms with Gasteiger partial charge in [0.2, 0.25) is 0 Å². The Hall–Kier alpha value is -5.45. The number of aromatic nitrogens is 7. The average Bonchev–Trinajstić information content (AvgIpc) is 3.86. The van der Waals surface area contributed by atoms with Crippen molar-refractivity contribution in [1.82, 2.24) is 34.3 Å². The molecule has 8 rings (SSSR count). The molecule has 1 aliphatic rings. The monoisotopic (exact) mass is 729 g/mol. The van der Waals surface area contributed by atoms with Gasteiger partial charge < -0.3 is 24.3 Å². The molecule has 0 radical (unpaired) electrons. The largest absolute Gasteiger partial charge is 0.355 e. The summed E-state index contributed by atoms with van der Waals surface area (Å²) in [6.07, 6.45) is 5.44. The molecule has 1 saturated heterocycles. The molecule has 0 aliphatic carbocycles. The number of carbonyl (C=O) groups is 1. The number of aryl methyl sites for hydroxylation is 2. The molecule has 10 nitrogen and oxygen atoms in total. The molecule has 262 valence electrons. The van der Waals surface area contributed by atoms with Gasteiger partial charge >= 0.3 is 0 Å². The highest BCUT2D eigenvalue weighted by Crippen LogP contribution is 2.42. The van der Waals surface area contributed by atoms with Crippen LogP contribution in [0.5, 0.6) is 0 Å². The molecule has 7 aromatic rings. The molecular weight excluding hydrogens is 693 g/mol. The fourth-order valence-corrected chi connectivity index (χ4v) is 7.77. The van der Waals surface area contributed by atoms with Gasteiger partial charge in [0.05, 0.1) is 29.4 Å². The van der Waals surface area contributed by atoms with E-state index in [1.807, 2.05) is 105 Å². The summed E-state index contributed by atoms with van der Waals surface area (Å²) in [5.74, 6) is 2.29. The van der Waals surface area contributed by atoms with Crippen molar-refractivity contribution >= 4 is 51.5 Å². The molecule has 12 heteroatoms. The van der Waals surface area contributed by atoms with Gasteiger partial charge in [-0.25, -0.2) is 9.97 Å². The number of carbonyl (C=O) groups excluding carboxylic acids is 1. The number of amides is 1. The summed E-state index contributed by atoms with van der Waals surface area (Å²) in [6.45, 7) is 7.67. The summed E-state index contributed by atoms with van der Waals surface area (Å²) in [6, 6.07) is 27.4. The molecule has 3 aromatic carbocycles. The number of nitrogens with zero attached hydrogens (tertiary/aromatic N) is 7. The molecule has 1 atom stereocenters. The molecule has 1 aliphatic heterocycles. The molecule has 0 unspecified atom stereocenters. The lowest BCUT2D eigenvalue weighted by Gasteiger charge is -2.34. The zero-order chi connectivity index (χ0) is 35.9. The van der Waals surface area contributed by atoms with Gasteiger partial charge in [-0.2, -0.15) is 0 Å². The van der Waals surface area contributed by atoms with E-state index in [1.165, 1.54) is 0 Å². The number of piperidine rings is 1. The minimum Gasteiger partial charge on any atom is -0.355 e. The summed E-state index contributed by atoms with van der Waals surface area (Å²) >= 11 is 12.8. The van der Waals surface area contributed by atoms with Crippen molar-refractivity contribution in [3.63, 3.8) is 0 Å². The SMILES string of the molecule is Cc1nnc(C)n1C1CCN(c2ncccc2NC(=O)c2[nH]c3cc(Cl)ccc3c2-c2c(-c3ccccc3)ncn2[C@@H](C)c2ccc(Cl)cc2)CC1. The fraction of sp³-hybridized carbons (Fsp3) is 0.225. The third-order valence-corrected chi connectivity index (χ3v) is 10.5. The molecule has 2 N–H and O–H groups in total. The van der Waals surface area contributed by atoms with E-state index in [0.29, 0.717) is 27.5 Å². The van der Waals surface area contributed by atoms with Crippen LogP contribution in [-0.4, -0.2) is 53.3 Å². The zero-order valence-electron chi connectivity index (χ0n) is 29.0. The Morgan fingerprint density at radius 3 is 2.33 bits per heavy atom. The predicted octanol–water partition coefficient (Wildman–Crippen LogP) is 9.31. The van der Waals surface area contributed by atoms with Crippen LogP contribution < -0.4 is 10.2 Å². The van der Waals surface area contributed by atoms with E-state index in [4.69, 9.17) is 33.2 Å². The van der Waals surface area contributed by atoms with E-state index in [2.05, 4.69) is 41.5 Å². The summed E-state index contributed by atoms with van der Waals surface area (Å²) < 4.78 is 4.35. The van der Waals surface area contributed by atoms with Crippen molar-refractivity contribution in [2.45, 2.75) is 45.7 Å². The Bertz CT molecular complexity index is 2370. The molecule has 1 fully saturated rings. The first-order valence-corrected chi connectivity index (χ1v) is 18.1. The third-order valence-electron chi connectivity index (χ3n) is 10.0. The predicted molar refractivity (Wildman–Crippen MR) is 207 cm³/mol. The van der Waals surface area contributed by atoms with Crippen molar-refractivity contribution in [3.05, 3.63) is 130 Å². The Morgan fingerprint density at radius 2 is 1.60 bits per heavy atom. The number of nitrogens with one attached hydrogen (secondary N) is 2. The van der Waals surface area contributed by atoms with Gasteiger partial charge in [0.25, 0.3) is 5.91 Å². The summed E-state index contributed by atoms with van der Waals surface area (Å²) in [5.41, 5.74) is 6.05. The van der Waals surface area contributed by atoms with Crippen molar-refractivity contribution < 1.29 is 4.79 Å². The van der Waals surface area contributed by atoms with E-state index in [9.17, 15) is 4.79 Å². The van der Waals surface area contributed by atoms with Crippen LogP contribution in [-0.2, 0) is 0 Å². The maximum absolute atomic E-state index is 14.7. The van der Waals surface area contributed by atoms with Crippen molar-refractivity contribution in [2.24, 2.45) is 0 Å². The molecule has 1 amide bonds. The highest BCUT2D eigenvalue weighted by Gasteiger charge is 2.30. The number of hydrogen-bond acceptors (Lipinski definition) is 6. The van der Waals surface area contributed by atoms with Crippen LogP contribution in [0.25, 0.3) is 33.4 Å². The lowest BCUT2D eigenvalue weighted by molar-refractivity contribution is 0.102. The van der Waals surface area contributed by atoms with E-state index >= 15 is 0 Å². The molecular formula is C40H37Cl2N9O. The molecule has 4 aromatic heterocycles. The van der Waals surface area contributed by atoms with Gasteiger partial charge in [0.15, 0.2) is 5.82 Å². The lowest BCUT2D eigenvalue weighted by atomic mass is 9.99. The maximum atomic E-state index is 14.7. The van der Waals surface area contributed by atoms with Crippen LogP contribution in [0.4, 0.5) is 11.5 Å². The Kier molecular flexibility index (Phi) is 9.02. The normalized spacial score (nSPS) is 14.2. The number of imidazole rings is 1. The number of anilines is 2. The topological polar surface area (TPSA) is 110 Å². The number of benzene rings is 3. The zero-order valence-corrected chi connectivity index (χ0v) is 30.5. The smallest absolute Gasteiger partial charge is 0.272 e. The van der Waals surface area contributed by atoms with E-state index < -0.39 is 0 Å². The van der Waals surface area contributed by atoms with Gasteiger partial charge in [-0.15, -0.1) is 10.2 Å². The minimum absolute atomic E-state index is 0.135. The summed E-state index contributed by atoms with van der Waals surface area (Å²) in [4.78, 5) is 30.1. The van der Waals surface area contributed by atoms with Gasteiger partial charge in [-0.3, -0.25) is 4.79 Å². The van der Waals surface area contributed by atoms with Gasteiger partial charge in [-0.05, 0) is 75.6 Å². The van der Waals surface area contributed by atoms with Crippen LogP contribution in [0, 0.1) is 13.8 Å². The first kappa shape index (κ1) is 33.7. The molecule has 0 saturated carbocycles. The van der Waals surface area contributed by atoms with Crippen molar-refractivity contribution in [2.75, 3.05) is 23.3 Å². The third kappa shape index (κ3) is 6.22. The second-order valence-corrected chi connectivity index (χ2v) is 14.1. The number of halogens is 2. The quantitative estimate of drug-likeness (QED) is 0.161. The van der Waals surface area contributed by atoms with Crippen LogP contribution in [0.3, 0.4) is 0 Å². The van der Waals surface area contributed by atoms with Crippen molar-refractivity contribution in [3.8, 4) is 22.5 Å². The van der Waals surface area contributed by atoms with Gasteiger partial charge in [0.1, 0.15) is 17.3 Å². The lowest BCUT2D eigenvalue weighted by Crippen LogP contribution is -2.36. The number of fused-ring (bicyclic) bond motifs is 1. The van der Waals surface area contributed by atoms with Crippen molar-refractivity contribution in [1.29, 1.82) is 0 Å². The van der Waals surface area contributed by atoms with E-state index in [-0.39, 0.29) is 11.9 Å². The van der Waals surface area contributed by atoms with Gasteiger partial charge in [-0.1, -0.05) is 71.7 Å². The van der Waals surface area contributed by atoms with E-state index in [1.54, 1.807) is 6.20 Å². The first-order valence-electron chi connectivity index (χ1n) is 17.4. The molecule has 0 bridgehead atoms. The standard InChI is InChI=1S/C40H37Cl2N9O/c1-24(27-11-13-29(41)14-12-27)50-23-44-36(28-8-5-4-6-9-28)38(50)35-32-16-15-30(42)22-34(32)45-37(35)40(52)46-33-10-7-19-43-39(33)49-20-17-31(18-21-49)51-25(2)47-48-26(51)3/h4-16,19,22-24,31,45H,17-18,20-21H2,1-3H3,(H,46,52)/t24-/m0/s1.